The van der Waals surface area contributed by atoms with Crippen LogP contribution in [0.25, 0.3) is 22.5 Å². The number of benzene rings is 3. The van der Waals surface area contributed by atoms with Crippen LogP contribution in [-0.2, 0) is 17.9 Å². The largest absolute Gasteiger partial charge is 0.340 e. The van der Waals surface area contributed by atoms with E-state index in [-0.39, 0.29) is 12.5 Å². The molecular formula is C25H24N4OS. The molecule has 3 aromatic carbocycles. The third kappa shape index (κ3) is 4.81. The quantitative estimate of drug-likeness (QED) is 0.427. The summed E-state index contributed by atoms with van der Waals surface area (Å²) >= 11 is 5.38. The first-order chi connectivity index (χ1) is 15.0. The van der Waals surface area contributed by atoms with E-state index < -0.39 is 0 Å². The van der Waals surface area contributed by atoms with Gasteiger partial charge in [0.05, 0.1) is 0 Å². The number of aromatic nitrogens is 3. The fourth-order valence-corrected chi connectivity index (χ4v) is 3.72. The second kappa shape index (κ2) is 9.10. The first-order valence-corrected chi connectivity index (χ1v) is 10.5. The molecule has 6 heteroatoms. The van der Waals surface area contributed by atoms with Crippen LogP contribution in [0, 0.1) is 11.7 Å². The molecule has 0 aliphatic carbocycles. The number of carbonyl (C=O) groups is 1. The Kier molecular flexibility index (Phi) is 6.09. The number of nitrogens with one attached hydrogen (secondary N) is 1. The molecule has 4 aromatic rings. The lowest BCUT2D eigenvalue weighted by molar-refractivity contribution is -0.131. The van der Waals surface area contributed by atoms with E-state index in [4.69, 9.17) is 12.2 Å². The molecule has 1 amide bonds. The minimum Gasteiger partial charge on any atom is -0.340 e. The predicted molar refractivity (Wildman–Crippen MR) is 126 cm³/mol. The van der Waals surface area contributed by atoms with Gasteiger partial charge in [-0.3, -0.25) is 14.5 Å². The van der Waals surface area contributed by atoms with Crippen molar-refractivity contribution in [1.29, 1.82) is 0 Å². The fourth-order valence-electron chi connectivity index (χ4n) is 3.52. The van der Waals surface area contributed by atoms with E-state index in [0.717, 1.165) is 22.3 Å². The van der Waals surface area contributed by atoms with Crippen LogP contribution in [0.1, 0.15) is 11.1 Å². The lowest BCUT2D eigenvalue weighted by Crippen LogP contribution is -2.30. The Bertz CT molecular complexity index is 1240. The summed E-state index contributed by atoms with van der Waals surface area (Å²) in [6.45, 7) is 2.69. The van der Waals surface area contributed by atoms with E-state index >= 15 is 0 Å². The average molecular weight is 429 g/mol. The zero-order valence-corrected chi connectivity index (χ0v) is 18.4. The minimum absolute atomic E-state index is 0.0291. The lowest BCUT2D eigenvalue weighted by Gasteiger charge is -2.18. The normalized spacial score (nSPS) is 10.8. The van der Waals surface area contributed by atoms with Crippen LogP contribution >= 0.6 is 12.2 Å². The van der Waals surface area contributed by atoms with Gasteiger partial charge in [-0.05, 0) is 41.9 Å². The summed E-state index contributed by atoms with van der Waals surface area (Å²) in [6.07, 6.45) is 0. The van der Waals surface area contributed by atoms with Crippen molar-refractivity contribution in [2.24, 2.45) is 0 Å². The van der Waals surface area contributed by atoms with Crippen LogP contribution in [0.4, 0.5) is 0 Å². The van der Waals surface area contributed by atoms with Crippen molar-refractivity contribution in [2.45, 2.75) is 20.0 Å². The third-order valence-electron chi connectivity index (χ3n) is 5.23. The molecule has 0 spiro atoms. The highest BCUT2D eigenvalue weighted by Crippen LogP contribution is 2.21. The Morgan fingerprint density at radius 3 is 2.35 bits per heavy atom. The van der Waals surface area contributed by atoms with Crippen molar-refractivity contribution >= 4 is 18.1 Å². The summed E-state index contributed by atoms with van der Waals surface area (Å²) in [7, 11) is 1.81. The maximum Gasteiger partial charge on any atom is 0.242 e. The van der Waals surface area contributed by atoms with Gasteiger partial charge in [-0.2, -0.15) is 5.10 Å². The summed E-state index contributed by atoms with van der Waals surface area (Å²) in [6, 6.07) is 26.5. The van der Waals surface area contributed by atoms with Crippen molar-refractivity contribution in [2.75, 3.05) is 7.05 Å². The zero-order chi connectivity index (χ0) is 21.8. The Hall–Kier alpha value is -3.51. The number of H-pyrrole nitrogens is 1. The number of aryl methyl sites for hydroxylation is 1. The van der Waals surface area contributed by atoms with Gasteiger partial charge in [-0.25, -0.2) is 0 Å². The van der Waals surface area contributed by atoms with Crippen LogP contribution in [0.15, 0.2) is 78.9 Å². The van der Waals surface area contributed by atoms with Crippen LogP contribution in [0.2, 0.25) is 0 Å². The highest BCUT2D eigenvalue weighted by atomic mass is 32.1. The number of likely N-dealkylation sites (N-methyl/N-ethyl adjacent to an activating group) is 1. The second-order valence-electron chi connectivity index (χ2n) is 7.62. The van der Waals surface area contributed by atoms with Crippen molar-refractivity contribution in [1.82, 2.24) is 19.7 Å². The molecule has 1 heterocycles. The van der Waals surface area contributed by atoms with Gasteiger partial charge in [0.1, 0.15) is 6.54 Å². The first kappa shape index (κ1) is 20.8. The van der Waals surface area contributed by atoms with Gasteiger partial charge in [0, 0.05) is 19.2 Å². The Morgan fingerprint density at radius 1 is 0.968 bits per heavy atom. The number of hydrogen-bond acceptors (Lipinski definition) is 3. The molecule has 31 heavy (non-hydrogen) atoms. The summed E-state index contributed by atoms with van der Waals surface area (Å²) in [5, 5.41) is 7.15. The van der Waals surface area contributed by atoms with E-state index in [9.17, 15) is 4.79 Å². The van der Waals surface area contributed by atoms with E-state index in [1.54, 1.807) is 9.47 Å². The SMILES string of the molecule is Cc1cccc(-c2n[nH]c(=S)n2CC(=O)N(C)Cc2ccc(-c3ccccc3)cc2)c1. The molecule has 0 radical (unpaired) electrons. The molecule has 0 aliphatic rings. The molecule has 4 rings (SSSR count). The van der Waals surface area contributed by atoms with Gasteiger partial charge < -0.3 is 4.90 Å². The molecule has 0 saturated carbocycles. The average Bonchev–Trinajstić information content (AvgIpc) is 3.15. The summed E-state index contributed by atoms with van der Waals surface area (Å²) in [5.41, 5.74) is 5.47. The van der Waals surface area contributed by atoms with Gasteiger partial charge in [0.15, 0.2) is 10.6 Å². The minimum atomic E-state index is -0.0291. The standard InChI is InChI=1S/C25H24N4OS/c1-18-7-6-10-22(15-18)24-26-27-25(31)29(24)17-23(30)28(2)16-19-11-13-21(14-12-19)20-8-4-3-5-9-20/h3-15H,16-17H2,1-2H3,(H,27,31). The zero-order valence-electron chi connectivity index (χ0n) is 17.6. The highest BCUT2D eigenvalue weighted by Gasteiger charge is 2.16. The van der Waals surface area contributed by atoms with Gasteiger partial charge in [0.25, 0.3) is 0 Å². The highest BCUT2D eigenvalue weighted by molar-refractivity contribution is 7.71. The van der Waals surface area contributed by atoms with Crippen molar-refractivity contribution in [3.8, 4) is 22.5 Å². The molecule has 5 nitrogen and oxygen atoms in total. The van der Waals surface area contributed by atoms with E-state index in [1.807, 2.05) is 56.4 Å². The van der Waals surface area contributed by atoms with Crippen molar-refractivity contribution in [3.05, 3.63) is 94.8 Å². The number of hydrogen-bond donors (Lipinski definition) is 1. The number of amides is 1. The first-order valence-electron chi connectivity index (χ1n) is 10.1. The number of rotatable bonds is 6. The molecule has 0 fully saturated rings. The maximum absolute atomic E-state index is 12.9. The molecule has 0 saturated heterocycles. The molecule has 0 aliphatic heterocycles. The molecule has 0 bridgehead atoms. The van der Waals surface area contributed by atoms with Crippen LogP contribution in [0.5, 0.6) is 0 Å². The predicted octanol–water partition coefficient (Wildman–Crippen LogP) is 5.24. The van der Waals surface area contributed by atoms with Crippen LogP contribution < -0.4 is 0 Å². The Balaban J connectivity index is 1.46. The third-order valence-corrected chi connectivity index (χ3v) is 5.55. The van der Waals surface area contributed by atoms with E-state index in [0.29, 0.717) is 17.1 Å². The molecule has 1 aromatic heterocycles. The fraction of sp³-hybridized carbons (Fsp3) is 0.160. The summed E-state index contributed by atoms with van der Waals surface area (Å²) in [5.74, 6) is 0.640. The number of aromatic amines is 1. The number of nitrogens with zero attached hydrogens (tertiary/aromatic N) is 3. The van der Waals surface area contributed by atoms with Crippen molar-refractivity contribution < 1.29 is 4.79 Å². The molecule has 1 N–H and O–H groups in total. The molecule has 0 unspecified atom stereocenters. The molecular weight excluding hydrogens is 404 g/mol. The monoisotopic (exact) mass is 428 g/mol. The smallest absolute Gasteiger partial charge is 0.242 e. The van der Waals surface area contributed by atoms with Gasteiger partial charge in [-0.1, -0.05) is 78.4 Å². The summed E-state index contributed by atoms with van der Waals surface area (Å²) < 4.78 is 2.19. The second-order valence-corrected chi connectivity index (χ2v) is 8.01. The van der Waals surface area contributed by atoms with Gasteiger partial charge in [0.2, 0.25) is 5.91 Å². The Morgan fingerprint density at radius 2 is 1.65 bits per heavy atom. The van der Waals surface area contributed by atoms with E-state index in [2.05, 4.69) is 46.6 Å². The van der Waals surface area contributed by atoms with Gasteiger partial charge >= 0.3 is 0 Å². The summed E-state index contributed by atoms with van der Waals surface area (Å²) in [4.78, 5) is 14.6. The van der Waals surface area contributed by atoms with E-state index in [1.165, 1.54) is 5.56 Å². The van der Waals surface area contributed by atoms with Gasteiger partial charge in [-0.15, -0.1) is 0 Å². The molecule has 156 valence electrons. The number of carbonyl (C=O) groups excluding carboxylic acids is 1. The van der Waals surface area contributed by atoms with Crippen molar-refractivity contribution in [3.63, 3.8) is 0 Å². The lowest BCUT2D eigenvalue weighted by atomic mass is 10.0. The van der Waals surface area contributed by atoms with Crippen LogP contribution in [-0.4, -0.2) is 32.6 Å². The molecule has 0 atom stereocenters. The van der Waals surface area contributed by atoms with Crippen LogP contribution in [0.3, 0.4) is 0 Å². The topological polar surface area (TPSA) is 53.9 Å². The maximum atomic E-state index is 12.9. The Labute approximate surface area is 187 Å².